The molecule has 28 heavy (non-hydrogen) atoms. The van der Waals surface area contributed by atoms with Crippen molar-refractivity contribution in [2.24, 2.45) is 0 Å². The second kappa shape index (κ2) is 8.42. The molecular weight excluding hydrogens is 350 g/mol. The molecule has 1 amide bonds. The summed E-state index contributed by atoms with van der Waals surface area (Å²) in [5.74, 6) is -0.527. The molecule has 144 valence electrons. The third-order valence-corrected chi connectivity index (χ3v) is 5.53. The van der Waals surface area contributed by atoms with Crippen LogP contribution < -0.4 is 5.48 Å². The Bertz CT molecular complexity index is 975. The Kier molecular flexibility index (Phi) is 5.55. The SMILES string of the molecule is O=C(/C=C/c1ccc(CN2CCC[C@@H]2Cc2c[nH]c3ccccc23)cc1)NO. The zero-order valence-electron chi connectivity index (χ0n) is 15.8. The third-order valence-electron chi connectivity index (χ3n) is 5.53. The topological polar surface area (TPSA) is 68.4 Å². The van der Waals surface area contributed by atoms with E-state index >= 15 is 0 Å². The van der Waals surface area contributed by atoms with Crippen LogP contribution in [0, 0.1) is 0 Å². The standard InChI is InChI=1S/C23H25N3O2/c27-23(25-28)12-11-17-7-9-18(10-8-17)16-26-13-3-4-20(26)14-19-15-24-22-6-2-1-5-21(19)22/h1-2,5-12,15,20,24,28H,3-4,13-14,16H2,(H,25,27)/b12-11+/t20-/m1/s1. The molecule has 5 nitrogen and oxygen atoms in total. The number of hydroxylamine groups is 1. The number of nitrogens with one attached hydrogen (secondary N) is 2. The van der Waals surface area contributed by atoms with E-state index in [-0.39, 0.29) is 0 Å². The molecule has 0 spiro atoms. The van der Waals surface area contributed by atoms with E-state index in [0.717, 1.165) is 25.1 Å². The third kappa shape index (κ3) is 4.16. The second-order valence-electron chi connectivity index (χ2n) is 7.38. The van der Waals surface area contributed by atoms with Gasteiger partial charge in [0, 0.05) is 35.8 Å². The van der Waals surface area contributed by atoms with Crippen molar-refractivity contribution in [2.45, 2.75) is 31.8 Å². The molecule has 0 saturated carbocycles. The van der Waals surface area contributed by atoms with Crippen molar-refractivity contribution in [3.63, 3.8) is 0 Å². The Morgan fingerprint density at radius 1 is 1.21 bits per heavy atom. The highest BCUT2D eigenvalue weighted by molar-refractivity contribution is 5.90. The number of aromatic amines is 1. The van der Waals surface area contributed by atoms with E-state index in [1.54, 1.807) is 11.6 Å². The van der Waals surface area contributed by atoms with Crippen molar-refractivity contribution in [1.29, 1.82) is 0 Å². The van der Waals surface area contributed by atoms with Crippen LogP contribution in [0.4, 0.5) is 0 Å². The summed E-state index contributed by atoms with van der Waals surface area (Å²) in [7, 11) is 0. The lowest BCUT2D eigenvalue weighted by Gasteiger charge is -2.24. The summed E-state index contributed by atoms with van der Waals surface area (Å²) in [5.41, 5.74) is 6.41. The highest BCUT2D eigenvalue weighted by atomic mass is 16.5. The van der Waals surface area contributed by atoms with Crippen LogP contribution in [0.5, 0.6) is 0 Å². The van der Waals surface area contributed by atoms with Gasteiger partial charge >= 0.3 is 0 Å². The van der Waals surface area contributed by atoms with Gasteiger partial charge in [0.25, 0.3) is 5.91 Å². The summed E-state index contributed by atoms with van der Waals surface area (Å²) in [6.45, 7) is 2.07. The smallest absolute Gasteiger partial charge is 0.267 e. The average molecular weight is 375 g/mol. The normalized spacial score (nSPS) is 17.5. The Labute approximate surface area is 164 Å². The van der Waals surface area contributed by atoms with Crippen LogP contribution in [0.25, 0.3) is 17.0 Å². The molecule has 0 radical (unpaired) electrons. The van der Waals surface area contributed by atoms with E-state index in [4.69, 9.17) is 5.21 Å². The zero-order chi connectivity index (χ0) is 19.3. The second-order valence-corrected chi connectivity index (χ2v) is 7.38. The number of rotatable bonds is 6. The molecule has 2 heterocycles. The summed E-state index contributed by atoms with van der Waals surface area (Å²) >= 11 is 0. The van der Waals surface area contributed by atoms with Gasteiger partial charge in [0.2, 0.25) is 0 Å². The van der Waals surface area contributed by atoms with E-state index < -0.39 is 5.91 Å². The van der Waals surface area contributed by atoms with Crippen LogP contribution in [0.3, 0.4) is 0 Å². The predicted molar refractivity (Wildman–Crippen MR) is 111 cm³/mol. The van der Waals surface area contributed by atoms with Gasteiger partial charge in [-0.25, -0.2) is 5.48 Å². The van der Waals surface area contributed by atoms with Crippen LogP contribution in [0.2, 0.25) is 0 Å². The molecule has 1 aromatic heterocycles. The van der Waals surface area contributed by atoms with Crippen LogP contribution in [0.15, 0.2) is 60.8 Å². The number of fused-ring (bicyclic) bond motifs is 1. The van der Waals surface area contributed by atoms with Gasteiger partial charge in [0.05, 0.1) is 0 Å². The van der Waals surface area contributed by atoms with Crippen molar-refractivity contribution >= 4 is 22.9 Å². The highest BCUT2D eigenvalue weighted by Crippen LogP contribution is 2.27. The summed E-state index contributed by atoms with van der Waals surface area (Å²) in [5, 5.41) is 9.86. The largest absolute Gasteiger partial charge is 0.361 e. The van der Waals surface area contributed by atoms with Gasteiger partial charge in [0.1, 0.15) is 0 Å². The quantitative estimate of drug-likeness (QED) is 0.348. The minimum absolute atomic E-state index is 0.527. The number of H-pyrrole nitrogens is 1. The van der Waals surface area contributed by atoms with Crippen molar-refractivity contribution in [2.75, 3.05) is 6.54 Å². The molecular formula is C23H25N3O2. The van der Waals surface area contributed by atoms with Crippen LogP contribution in [0.1, 0.15) is 29.5 Å². The number of para-hydroxylation sites is 1. The number of likely N-dealkylation sites (tertiary alicyclic amines) is 1. The summed E-state index contributed by atoms with van der Waals surface area (Å²) in [6.07, 6.45) is 8.70. The van der Waals surface area contributed by atoms with Crippen molar-refractivity contribution in [1.82, 2.24) is 15.4 Å². The van der Waals surface area contributed by atoms with Gasteiger partial charge < -0.3 is 4.98 Å². The van der Waals surface area contributed by atoms with Gasteiger partial charge in [-0.2, -0.15) is 0 Å². The fourth-order valence-electron chi connectivity index (χ4n) is 4.07. The Morgan fingerprint density at radius 2 is 2.04 bits per heavy atom. The number of amides is 1. The molecule has 2 aromatic carbocycles. The van der Waals surface area contributed by atoms with Crippen LogP contribution in [-0.4, -0.2) is 33.6 Å². The Morgan fingerprint density at radius 3 is 2.86 bits per heavy atom. The molecule has 1 saturated heterocycles. The van der Waals surface area contributed by atoms with Gasteiger partial charge in [0.15, 0.2) is 0 Å². The number of carbonyl (C=O) groups is 1. The van der Waals surface area contributed by atoms with E-state index in [2.05, 4.69) is 52.5 Å². The summed E-state index contributed by atoms with van der Waals surface area (Å²) in [4.78, 5) is 17.0. The molecule has 1 atom stereocenters. The van der Waals surface area contributed by atoms with Gasteiger partial charge in [-0.3, -0.25) is 14.9 Å². The molecule has 0 aliphatic carbocycles. The Balaban J connectivity index is 1.41. The average Bonchev–Trinajstić information content (AvgIpc) is 3.35. The molecule has 1 fully saturated rings. The summed E-state index contributed by atoms with van der Waals surface area (Å²) in [6, 6.07) is 17.3. The van der Waals surface area contributed by atoms with E-state index in [0.29, 0.717) is 6.04 Å². The monoisotopic (exact) mass is 375 g/mol. The summed E-state index contributed by atoms with van der Waals surface area (Å²) < 4.78 is 0. The maximum Gasteiger partial charge on any atom is 0.267 e. The lowest BCUT2D eigenvalue weighted by atomic mass is 10.0. The minimum Gasteiger partial charge on any atom is -0.361 e. The molecule has 3 aromatic rings. The number of carbonyl (C=O) groups excluding carboxylic acids is 1. The van der Waals surface area contributed by atoms with Crippen molar-refractivity contribution in [3.8, 4) is 0 Å². The minimum atomic E-state index is -0.527. The van der Waals surface area contributed by atoms with Gasteiger partial charge in [-0.15, -0.1) is 0 Å². The first-order valence-electron chi connectivity index (χ1n) is 9.73. The predicted octanol–water partition coefficient (Wildman–Crippen LogP) is 3.89. The lowest BCUT2D eigenvalue weighted by molar-refractivity contribution is -0.124. The number of benzene rings is 2. The van der Waals surface area contributed by atoms with E-state index in [1.165, 1.54) is 40.9 Å². The van der Waals surface area contributed by atoms with Crippen molar-refractivity contribution in [3.05, 3.63) is 77.5 Å². The molecule has 4 rings (SSSR count). The number of hydrogen-bond acceptors (Lipinski definition) is 3. The van der Waals surface area contributed by atoms with Gasteiger partial charge in [-0.1, -0.05) is 42.5 Å². The highest BCUT2D eigenvalue weighted by Gasteiger charge is 2.25. The first-order valence-corrected chi connectivity index (χ1v) is 9.73. The number of hydrogen-bond donors (Lipinski definition) is 3. The fourth-order valence-corrected chi connectivity index (χ4v) is 4.07. The first-order chi connectivity index (χ1) is 13.7. The molecule has 0 bridgehead atoms. The maximum atomic E-state index is 11.1. The number of aromatic nitrogens is 1. The van der Waals surface area contributed by atoms with Crippen LogP contribution in [-0.2, 0) is 17.8 Å². The number of nitrogens with zero attached hydrogens (tertiary/aromatic N) is 1. The zero-order valence-corrected chi connectivity index (χ0v) is 15.8. The molecule has 1 aliphatic rings. The van der Waals surface area contributed by atoms with Crippen LogP contribution >= 0.6 is 0 Å². The first kappa shape index (κ1) is 18.5. The van der Waals surface area contributed by atoms with E-state index in [1.807, 2.05) is 12.1 Å². The molecule has 3 N–H and O–H groups in total. The fraction of sp³-hybridized carbons (Fsp3) is 0.261. The van der Waals surface area contributed by atoms with E-state index in [9.17, 15) is 4.79 Å². The molecule has 1 aliphatic heterocycles. The van der Waals surface area contributed by atoms with Gasteiger partial charge in [-0.05, 0) is 54.6 Å². The molecule has 5 heteroatoms. The molecule has 0 unspecified atom stereocenters. The maximum absolute atomic E-state index is 11.1. The Hall–Kier alpha value is -2.89. The van der Waals surface area contributed by atoms with Crippen molar-refractivity contribution < 1.29 is 10.0 Å². The lowest BCUT2D eigenvalue weighted by Crippen LogP contribution is -2.30.